The molecule has 0 aliphatic rings. The molecule has 0 amide bonds. The number of hydrogen-bond donors (Lipinski definition) is 0. The number of imidazole rings is 1. The molecule has 0 spiro atoms. The summed E-state index contributed by atoms with van der Waals surface area (Å²) in [5.74, 6) is 1.11. The van der Waals surface area contributed by atoms with E-state index in [1.165, 1.54) is 0 Å². The van der Waals surface area contributed by atoms with Gasteiger partial charge in [-0.2, -0.15) is 0 Å². The first kappa shape index (κ1) is 13.2. The molecular weight excluding hydrogens is 268 g/mol. The Morgan fingerprint density at radius 2 is 2.14 bits per heavy atom. The van der Waals surface area contributed by atoms with Crippen molar-refractivity contribution in [1.29, 1.82) is 0 Å². The van der Waals surface area contributed by atoms with Gasteiger partial charge in [-0.05, 0) is 30.3 Å². The Morgan fingerprint density at radius 1 is 1.24 bits per heavy atom. The van der Waals surface area contributed by atoms with E-state index in [9.17, 15) is 4.79 Å². The average Bonchev–Trinajstić information content (AvgIpc) is 2.95. The predicted octanol–water partition coefficient (Wildman–Crippen LogP) is 2.73. The van der Waals surface area contributed by atoms with E-state index in [0.29, 0.717) is 23.7 Å². The minimum atomic E-state index is 0.332. The van der Waals surface area contributed by atoms with Crippen LogP contribution in [0.15, 0.2) is 48.8 Å². The summed E-state index contributed by atoms with van der Waals surface area (Å²) >= 11 is 0. The highest BCUT2D eigenvalue weighted by Gasteiger charge is 2.07. The highest BCUT2D eigenvalue weighted by atomic mass is 16.5. The Hall–Kier alpha value is -2.82. The van der Waals surface area contributed by atoms with Crippen molar-refractivity contribution in [3.8, 4) is 11.5 Å². The second-order valence-corrected chi connectivity index (χ2v) is 4.52. The number of carbonyl (C=O) groups excluding carboxylic acids is 1. The first-order valence-corrected chi connectivity index (χ1v) is 6.49. The van der Waals surface area contributed by atoms with Crippen LogP contribution in [-0.2, 0) is 6.61 Å². The van der Waals surface area contributed by atoms with Crippen LogP contribution in [0.1, 0.15) is 16.1 Å². The van der Waals surface area contributed by atoms with Crippen molar-refractivity contribution in [2.75, 3.05) is 7.11 Å². The van der Waals surface area contributed by atoms with E-state index >= 15 is 0 Å². The number of pyridine rings is 1. The zero-order valence-corrected chi connectivity index (χ0v) is 11.5. The van der Waals surface area contributed by atoms with Crippen LogP contribution in [0.25, 0.3) is 5.65 Å². The highest BCUT2D eigenvalue weighted by Crippen LogP contribution is 2.28. The van der Waals surface area contributed by atoms with E-state index in [1.54, 1.807) is 25.3 Å². The van der Waals surface area contributed by atoms with E-state index in [2.05, 4.69) is 4.98 Å². The van der Waals surface area contributed by atoms with Crippen LogP contribution in [-0.4, -0.2) is 22.8 Å². The van der Waals surface area contributed by atoms with Gasteiger partial charge in [0.15, 0.2) is 11.5 Å². The lowest BCUT2D eigenvalue weighted by atomic mass is 10.2. The molecule has 3 rings (SSSR count). The molecule has 0 saturated heterocycles. The van der Waals surface area contributed by atoms with Crippen molar-refractivity contribution in [2.45, 2.75) is 6.61 Å². The molecule has 0 fully saturated rings. The molecule has 0 aliphatic heterocycles. The van der Waals surface area contributed by atoms with Crippen molar-refractivity contribution in [3.05, 3.63) is 60.0 Å². The van der Waals surface area contributed by atoms with Gasteiger partial charge < -0.3 is 13.9 Å². The normalized spacial score (nSPS) is 10.5. The van der Waals surface area contributed by atoms with Crippen LogP contribution in [0, 0.1) is 0 Å². The van der Waals surface area contributed by atoms with E-state index in [-0.39, 0.29) is 0 Å². The number of aromatic nitrogens is 2. The van der Waals surface area contributed by atoms with Crippen molar-refractivity contribution < 1.29 is 14.3 Å². The Labute approximate surface area is 121 Å². The molecule has 0 saturated carbocycles. The summed E-state index contributed by atoms with van der Waals surface area (Å²) in [4.78, 5) is 15.2. The summed E-state index contributed by atoms with van der Waals surface area (Å²) in [6, 6.07) is 10.9. The van der Waals surface area contributed by atoms with Gasteiger partial charge in [0, 0.05) is 18.0 Å². The number of rotatable bonds is 5. The van der Waals surface area contributed by atoms with Crippen molar-refractivity contribution >= 4 is 11.9 Å². The first-order valence-electron chi connectivity index (χ1n) is 6.49. The number of aldehydes is 1. The molecule has 1 aromatic carbocycles. The lowest BCUT2D eigenvalue weighted by Gasteiger charge is -2.09. The first-order chi connectivity index (χ1) is 10.3. The molecule has 3 aromatic rings. The summed E-state index contributed by atoms with van der Waals surface area (Å²) in [5.41, 5.74) is 2.24. The summed E-state index contributed by atoms with van der Waals surface area (Å²) in [5, 5.41) is 0. The second kappa shape index (κ2) is 5.66. The largest absolute Gasteiger partial charge is 0.493 e. The van der Waals surface area contributed by atoms with Gasteiger partial charge in [0.25, 0.3) is 0 Å². The molecule has 2 aromatic heterocycles. The lowest BCUT2D eigenvalue weighted by molar-refractivity contribution is 0.112. The fourth-order valence-corrected chi connectivity index (χ4v) is 2.09. The minimum Gasteiger partial charge on any atom is -0.493 e. The predicted molar refractivity (Wildman–Crippen MR) is 77.9 cm³/mol. The average molecular weight is 282 g/mol. The fraction of sp³-hybridized carbons (Fsp3) is 0.125. The van der Waals surface area contributed by atoms with Crippen LogP contribution in [0.4, 0.5) is 0 Å². The number of fused-ring (bicyclic) bond motifs is 1. The maximum Gasteiger partial charge on any atom is 0.161 e. The number of methoxy groups -OCH3 is 1. The highest BCUT2D eigenvalue weighted by molar-refractivity contribution is 5.76. The van der Waals surface area contributed by atoms with Crippen LogP contribution in [0.5, 0.6) is 11.5 Å². The topological polar surface area (TPSA) is 52.8 Å². The van der Waals surface area contributed by atoms with Crippen LogP contribution in [0.3, 0.4) is 0 Å². The number of ether oxygens (including phenoxy) is 2. The smallest absolute Gasteiger partial charge is 0.161 e. The molecule has 0 N–H and O–H groups in total. The molecule has 21 heavy (non-hydrogen) atoms. The minimum absolute atomic E-state index is 0.332. The van der Waals surface area contributed by atoms with Gasteiger partial charge in [0.2, 0.25) is 0 Å². The molecule has 2 heterocycles. The van der Waals surface area contributed by atoms with Crippen LogP contribution < -0.4 is 9.47 Å². The van der Waals surface area contributed by atoms with Gasteiger partial charge in [0.1, 0.15) is 18.5 Å². The second-order valence-electron chi connectivity index (χ2n) is 4.52. The summed E-state index contributed by atoms with van der Waals surface area (Å²) in [7, 11) is 1.54. The molecule has 0 aliphatic carbocycles. The SMILES string of the molecule is COc1cc(C=O)ccc1OCc1cn2ccccc2n1. The molecule has 5 nitrogen and oxygen atoms in total. The molecule has 0 radical (unpaired) electrons. The van der Waals surface area contributed by atoms with Gasteiger partial charge in [-0.15, -0.1) is 0 Å². The third-order valence-electron chi connectivity index (χ3n) is 3.11. The molecule has 0 unspecified atom stereocenters. The molecular formula is C16H14N2O3. The van der Waals surface area contributed by atoms with Gasteiger partial charge in [-0.25, -0.2) is 4.98 Å². The Bertz CT molecular complexity index is 747. The van der Waals surface area contributed by atoms with Crippen LogP contribution >= 0.6 is 0 Å². The third kappa shape index (κ3) is 2.72. The van der Waals surface area contributed by atoms with E-state index < -0.39 is 0 Å². The van der Waals surface area contributed by atoms with E-state index in [1.807, 2.05) is 35.0 Å². The summed E-state index contributed by atoms with van der Waals surface area (Å²) in [6.45, 7) is 0.332. The van der Waals surface area contributed by atoms with Crippen LogP contribution in [0.2, 0.25) is 0 Å². The number of hydrogen-bond acceptors (Lipinski definition) is 4. The summed E-state index contributed by atoms with van der Waals surface area (Å²) < 4.78 is 12.9. The van der Waals surface area contributed by atoms with Crippen molar-refractivity contribution in [1.82, 2.24) is 9.38 Å². The zero-order valence-electron chi connectivity index (χ0n) is 11.5. The number of carbonyl (C=O) groups is 1. The summed E-state index contributed by atoms with van der Waals surface area (Å²) in [6.07, 6.45) is 4.63. The zero-order chi connectivity index (χ0) is 14.7. The Morgan fingerprint density at radius 3 is 2.90 bits per heavy atom. The maximum atomic E-state index is 10.8. The van der Waals surface area contributed by atoms with Gasteiger partial charge in [-0.3, -0.25) is 4.79 Å². The van der Waals surface area contributed by atoms with Gasteiger partial charge in [-0.1, -0.05) is 6.07 Å². The quantitative estimate of drug-likeness (QED) is 0.675. The van der Waals surface area contributed by atoms with Gasteiger partial charge >= 0.3 is 0 Å². The number of benzene rings is 1. The number of nitrogens with zero attached hydrogens (tertiary/aromatic N) is 2. The fourth-order valence-electron chi connectivity index (χ4n) is 2.09. The van der Waals surface area contributed by atoms with Crippen molar-refractivity contribution in [2.24, 2.45) is 0 Å². The van der Waals surface area contributed by atoms with Crippen molar-refractivity contribution in [3.63, 3.8) is 0 Å². The molecule has 5 heteroatoms. The lowest BCUT2D eigenvalue weighted by Crippen LogP contribution is -1.98. The van der Waals surface area contributed by atoms with Gasteiger partial charge in [0.05, 0.1) is 12.8 Å². The monoisotopic (exact) mass is 282 g/mol. The molecule has 106 valence electrons. The van der Waals surface area contributed by atoms with E-state index in [4.69, 9.17) is 9.47 Å². The molecule has 0 atom stereocenters. The van der Waals surface area contributed by atoms with E-state index in [0.717, 1.165) is 17.6 Å². The molecule has 0 bridgehead atoms. The Kier molecular flexibility index (Phi) is 3.55. The Balaban J connectivity index is 1.79. The third-order valence-corrected chi connectivity index (χ3v) is 3.11. The maximum absolute atomic E-state index is 10.8. The standard InChI is InChI=1S/C16H14N2O3/c1-20-15-8-12(10-19)5-6-14(15)21-11-13-9-18-7-3-2-4-16(18)17-13/h2-10H,11H2,1H3.